The molecule has 2 aromatic carbocycles. The minimum Gasteiger partial charge on any atom is -0.496 e. The number of amides is 1. The molecular formula is C29H30BrN3O7S. The van der Waals surface area contributed by atoms with E-state index >= 15 is 0 Å². The summed E-state index contributed by atoms with van der Waals surface area (Å²) in [7, 11) is 1.57. The number of ether oxygens (including phenoxy) is 4. The molecule has 0 spiro atoms. The highest BCUT2D eigenvalue weighted by Gasteiger charge is 2.33. The summed E-state index contributed by atoms with van der Waals surface area (Å²) in [5, 5.41) is 0. The fourth-order valence-electron chi connectivity index (χ4n) is 4.48. The fraction of sp³-hybridized carbons (Fsp3) is 0.310. The van der Waals surface area contributed by atoms with E-state index in [0.29, 0.717) is 54.5 Å². The van der Waals surface area contributed by atoms with Gasteiger partial charge in [-0.2, -0.15) is 0 Å². The standard InChI is InChI=1S/C29H30BrN3O7S/c1-6-38-21-11-17(10-19(30)26(21)40-14-23(31)34)12-22-27(35)33-25(18-9-8-15(3)20(13-18)37-5)24(28(36)39-7-2)16(4)32-29(33)41-22/h8-13,25H,6-7,14H2,1-5H3,(H2,31,34)/b22-12+/t25-/m0/s1. The summed E-state index contributed by atoms with van der Waals surface area (Å²) < 4.78 is 24.6. The van der Waals surface area contributed by atoms with Gasteiger partial charge in [0.25, 0.3) is 11.5 Å². The van der Waals surface area contributed by atoms with Crippen molar-refractivity contribution >= 4 is 45.2 Å². The molecule has 0 bridgehead atoms. The number of carbonyl (C=O) groups excluding carboxylic acids is 2. The molecular weight excluding hydrogens is 614 g/mol. The van der Waals surface area contributed by atoms with E-state index in [4.69, 9.17) is 24.7 Å². The summed E-state index contributed by atoms with van der Waals surface area (Å²) in [6.45, 7) is 7.41. The molecule has 0 saturated heterocycles. The number of nitrogens with zero attached hydrogens (tertiary/aromatic N) is 2. The average Bonchev–Trinajstić information content (AvgIpc) is 3.21. The van der Waals surface area contributed by atoms with E-state index in [1.54, 1.807) is 39.2 Å². The van der Waals surface area contributed by atoms with Crippen LogP contribution in [-0.2, 0) is 14.3 Å². The second-order valence-corrected chi connectivity index (χ2v) is 10.9. The number of aromatic nitrogens is 1. The van der Waals surface area contributed by atoms with Gasteiger partial charge in [0.15, 0.2) is 22.9 Å². The molecule has 1 aliphatic rings. The first-order chi connectivity index (χ1) is 19.6. The van der Waals surface area contributed by atoms with Gasteiger partial charge in [-0.25, -0.2) is 9.79 Å². The molecule has 3 aromatic rings. The summed E-state index contributed by atoms with van der Waals surface area (Å²) in [5.74, 6) is 0.182. The molecule has 4 rings (SSSR count). The van der Waals surface area contributed by atoms with Crippen molar-refractivity contribution in [2.45, 2.75) is 33.7 Å². The monoisotopic (exact) mass is 643 g/mol. The Labute approximate surface area is 248 Å². The zero-order chi connectivity index (χ0) is 29.8. The second kappa shape index (κ2) is 12.7. The van der Waals surface area contributed by atoms with Crippen LogP contribution in [0.4, 0.5) is 0 Å². The Morgan fingerprint density at radius 1 is 1.12 bits per heavy atom. The zero-order valence-electron chi connectivity index (χ0n) is 23.3. The Kier molecular flexibility index (Phi) is 9.34. The minimum absolute atomic E-state index is 0.181. The van der Waals surface area contributed by atoms with Gasteiger partial charge in [-0.3, -0.25) is 14.2 Å². The Bertz CT molecular complexity index is 1720. The summed E-state index contributed by atoms with van der Waals surface area (Å²) in [6, 6.07) is 8.27. The lowest BCUT2D eigenvalue weighted by Gasteiger charge is -2.25. The minimum atomic E-state index is -0.766. The number of esters is 1. The number of carbonyl (C=O) groups is 2. The number of hydrogen-bond acceptors (Lipinski definition) is 9. The third kappa shape index (κ3) is 6.23. The van der Waals surface area contributed by atoms with E-state index in [9.17, 15) is 14.4 Å². The van der Waals surface area contributed by atoms with Crippen molar-refractivity contribution in [3.05, 3.63) is 82.5 Å². The number of thiazole rings is 1. The van der Waals surface area contributed by atoms with Crippen molar-refractivity contribution in [3.8, 4) is 17.2 Å². The van der Waals surface area contributed by atoms with Crippen molar-refractivity contribution < 1.29 is 28.5 Å². The SMILES string of the molecule is CCOC(=O)C1=C(C)N=c2s/c(=C/c3cc(Br)c(OCC(N)=O)c(OCC)c3)c(=O)n2[C@H]1c1ccc(C)c(OC)c1. The van der Waals surface area contributed by atoms with Gasteiger partial charge < -0.3 is 24.7 Å². The third-order valence-electron chi connectivity index (χ3n) is 6.25. The largest absolute Gasteiger partial charge is 0.496 e. The lowest BCUT2D eigenvalue weighted by atomic mass is 9.95. The van der Waals surface area contributed by atoms with Crippen LogP contribution < -0.4 is 34.8 Å². The number of fused-ring (bicyclic) bond motifs is 1. The third-order valence-corrected chi connectivity index (χ3v) is 7.83. The summed E-state index contributed by atoms with van der Waals surface area (Å²) in [6.07, 6.45) is 1.71. The molecule has 12 heteroatoms. The van der Waals surface area contributed by atoms with Crippen LogP contribution in [-0.4, -0.2) is 43.4 Å². The normalized spacial score (nSPS) is 14.8. The van der Waals surface area contributed by atoms with Gasteiger partial charge in [0.1, 0.15) is 5.75 Å². The van der Waals surface area contributed by atoms with E-state index in [2.05, 4.69) is 20.9 Å². The molecule has 216 valence electrons. The number of methoxy groups -OCH3 is 1. The van der Waals surface area contributed by atoms with E-state index in [0.717, 1.165) is 5.56 Å². The molecule has 0 fully saturated rings. The Morgan fingerprint density at radius 2 is 1.88 bits per heavy atom. The highest BCUT2D eigenvalue weighted by molar-refractivity contribution is 9.10. The first-order valence-electron chi connectivity index (χ1n) is 12.8. The number of hydrogen-bond donors (Lipinski definition) is 1. The molecule has 1 aromatic heterocycles. The highest BCUT2D eigenvalue weighted by atomic mass is 79.9. The average molecular weight is 645 g/mol. The summed E-state index contributed by atoms with van der Waals surface area (Å²) >= 11 is 4.67. The quantitative estimate of drug-likeness (QED) is 0.336. The lowest BCUT2D eigenvalue weighted by Crippen LogP contribution is -2.40. The number of rotatable bonds is 10. The Balaban J connectivity index is 1.91. The second-order valence-electron chi connectivity index (χ2n) is 9.05. The molecule has 2 N–H and O–H groups in total. The number of aryl methyl sites for hydroxylation is 1. The maximum atomic E-state index is 14.0. The van der Waals surface area contributed by atoms with Crippen LogP contribution in [0, 0.1) is 6.92 Å². The van der Waals surface area contributed by atoms with Crippen LogP contribution in [0.5, 0.6) is 17.2 Å². The summed E-state index contributed by atoms with van der Waals surface area (Å²) in [4.78, 5) is 43.4. The fourth-order valence-corrected chi connectivity index (χ4v) is 6.10. The van der Waals surface area contributed by atoms with Gasteiger partial charge >= 0.3 is 5.97 Å². The predicted molar refractivity (Wildman–Crippen MR) is 158 cm³/mol. The smallest absolute Gasteiger partial charge is 0.338 e. The van der Waals surface area contributed by atoms with Crippen molar-refractivity contribution in [1.82, 2.24) is 4.57 Å². The Hall–Kier alpha value is -3.90. The molecule has 2 heterocycles. The molecule has 0 unspecified atom stereocenters. The number of halogens is 1. The van der Waals surface area contributed by atoms with Gasteiger partial charge in [0.05, 0.1) is 46.6 Å². The van der Waals surface area contributed by atoms with Gasteiger partial charge in [-0.1, -0.05) is 23.5 Å². The lowest BCUT2D eigenvalue weighted by molar-refractivity contribution is -0.139. The van der Waals surface area contributed by atoms with Crippen molar-refractivity contribution in [2.75, 3.05) is 26.9 Å². The first-order valence-corrected chi connectivity index (χ1v) is 14.4. The van der Waals surface area contributed by atoms with Gasteiger partial charge in [0, 0.05) is 0 Å². The number of benzene rings is 2. The van der Waals surface area contributed by atoms with E-state index in [1.807, 2.05) is 32.0 Å². The molecule has 1 aliphatic heterocycles. The van der Waals surface area contributed by atoms with Crippen LogP contribution in [0.1, 0.15) is 43.5 Å². The maximum Gasteiger partial charge on any atom is 0.338 e. The van der Waals surface area contributed by atoms with Crippen molar-refractivity contribution in [1.29, 1.82) is 0 Å². The first kappa shape index (κ1) is 30.1. The van der Waals surface area contributed by atoms with Crippen LogP contribution >= 0.6 is 27.3 Å². The van der Waals surface area contributed by atoms with Crippen LogP contribution in [0.2, 0.25) is 0 Å². The van der Waals surface area contributed by atoms with Gasteiger partial charge in [-0.15, -0.1) is 0 Å². The van der Waals surface area contributed by atoms with Crippen molar-refractivity contribution in [2.24, 2.45) is 10.7 Å². The molecule has 0 radical (unpaired) electrons. The maximum absolute atomic E-state index is 14.0. The predicted octanol–water partition coefficient (Wildman–Crippen LogP) is 3.14. The van der Waals surface area contributed by atoms with Crippen LogP contribution in [0.3, 0.4) is 0 Å². The zero-order valence-corrected chi connectivity index (χ0v) is 25.7. The van der Waals surface area contributed by atoms with Gasteiger partial charge in [0.2, 0.25) is 0 Å². The molecule has 1 atom stereocenters. The molecule has 0 aliphatic carbocycles. The van der Waals surface area contributed by atoms with E-state index in [-0.39, 0.29) is 24.3 Å². The molecule has 1 amide bonds. The number of allylic oxidation sites excluding steroid dienone is 1. The van der Waals surface area contributed by atoms with Gasteiger partial charge in [-0.05, 0) is 84.6 Å². The topological polar surface area (TPSA) is 131 Å². The Morgan fingerprint density at radius 3 is 2.54 bits per heavy atom. The summed E-state index contributed by atoms with van der Waals surface area (Å²) in [5.41, 5.74) is 7.92. The van der Waals surface area contributed by atoms with Crippen LogP contribution in [0.25, 0.3) is 6.08 Å². The molecule has 10 nitrogen and oxygen atoms in total. The molecule has 0 saturated carbocycles. The number of nitrogens with two attached hydrogens (primary N) is 1. The number of primary amides is 1. The van der Waals surface area contributed by atoms with E-state index in [1.165, 1.54) is 15.9 Å². The van der Waals surface area contributed by atoms with E-state index < -0.39 is 17.9 Å². The highest BCUT2D eigenvalue weighted by Crippen LogP contribution is 2.37. The van der Waals surface area contributed by atoms with Crippen LogP contribution in [0.15, 0.2) is 55.9 Å². The van der Waals surface area contributed by atoms with Crippen molar-refractivity contribution in [3.63, 3.8) is 0 Å². The molecule has 41 heavy (non-hydrogen) atoms.